The molecule has 0 saturated carbocycles. The number of halogens is 1. The summed E-state index contributed by atoms with van der Waals surface area (Å²) in [6.07, 6.45) is -0.258. The highest BCUT2D eigenvalue weighted by molar-refractivity contribution is 9.10. The molecular formula is C22H19BrN2O4. The van der Waals surface area contributed by atoms with Crippen molar-refractivity contribution in [2.45, 2.75) is 25.7 Å². The molecule has 2 aromatic carbocycles. The van der Waals surface area contributed by atoms with Gasteiger partial charge in [-0.05, 0) is 37.6 Å². The molecule has 2 atom stereocenters. The van der Waals surface area contributed by atoms with Gasteiger partial charge in [0.05, 0.1) is 24.3 Å². The summed E-state index contributed by atoms with van der Waals surface area (Å²) in [5, 5.41) is 10.1. The zero-order valence-corrected chi connectivity index (χ0v) is 17.6. The van der Waals surface area contributed by atoms with Gasteiger partial charge in [0, 0.05) is 10.9 Å². The molecule has 0 aliphatic carbocycles. The van der Waals surface area contributed by atoms with Crippen LogP contribution in [-0.2, 0) is 24.5 Å². The lowest BCUT2D eigenvalue weighted by Gasteiger charge is -2.29. The van der Waals surface area contributed by atoms with Crippen LogP contribution in [0.15, 0.2) is 53.0 Å². The topological polar surface area (TPSA) is 87.5 Å². The van der Waals surface area contributed by atoms with Crippen LogP contribution in [0.1, 0.15) is 24.5 Å². The van der Waals surface area contributed by atoms with Crippen LogP contribution in [-0.4, -0.2) is 24.4 Å². The first-order valence-corrected chi connectivity index (χ1v) is 9.92. The van der Waals surface area contributed by atoms with Crippen molar-refractivity contribution in [1.82, 2.24) is 0 Å². The minimum absolute atomic E-state index is 0.0539. The van der Waals surface area contributed by atoms with Crippen LogP contribution in [0.2, 0.25) is 0 Å². The molecule has 1 heterocycles. The third-order valence-electron chi connectivity index (χ3n) is 5.02. The number of ether oxygens (including phenoxy) is 1. The van der Waals surface area contributed by atoms with Gasteiger partial charge in [0.15, 0.2) is 5.41 Å². The number of benzene rings is 2. The number of imide groups is 1. The standard InChI is InChI=1S/C22H19BrN2O4/c1-3-29-21(28)22(13-24,15-9-7-14(2)8-10-15)18-12-19(26)25(20(18)27)17-6-4-5-16(23)11-17/h4-11,18H,3,12H2,1-2H3/t18-,22-/m1/s1. The molecule has 0 spiro atoms. The van der Waals surface area contributed by atoms with Crippen molar-refractivity contribution < 1.29 is 19.1 Å². The van der Waals surface area contributed by atoms with Crippen LogP contribution in [0.4, 0.5) is 5.69 Å². The Morgan fingerprint density at radius 2 is 1.97 bits per heavy atom. The second kappa shape index (κ2) is 8.18. The van der Waals surface area contributed by atoms with Crippen LogP contribution in [0.25, 0.3) is 0 Å². The van der Waals surface area contributed by atoms with Crippen molar-refractivity contribution in [3.8, 4) is 6.07 Å². The minimum Gasteiger partial charge on any atom is -0.465 e. The highest BCUT2D eigenvalue weighted by Crippen LogP contribution is 2.42. The van der Waals surface area contributed by atoms with Gasteiger partial charge < -0.3 is 4.74 Å². The third-order valence-corrected chi connectivity index (χ3v) is 5.51. The van der Waals surface area contributed by atoms with E-state index in [0.717, 1.165) is 10.5 Å². The Labute approximate surface area is 177 Å². The lowest BCUT2D eigenvalue weighted by Crippen LogP contribution is -2.47. The third kappa shape index (κ3) is 3.56. The van der Waals surface area contributed by atoms with Crippen molar-refractivity contribution in [3.63, 3.8) is 0 Å². The number of carbonyl (C=O) groups is 3. The first-order valence-electron chi connectivity index (χ1n) is 9.13. The van der Waals surface area contributed by atoms with Gasteiger partial charge in [-0.15, -0.1) is 0 Å². The number of nitrogens with zero attached hydrogens (tertiary/aromatic N) is 2. The number of nitriles is 1. The molecule has 0 unspecified atom stereocenters. The van der Waals surface area contributed by atoms with E-state index in [1.54, 1.807) is 55.5 Å². The van der Waals surface area contributed by atoms with Gasteiger partial charge in [0.2, 0.25) is 11.8 Å². The highest BCUT2D eigenvalue weighted by Gasteiger charge is 2.58. The quantitative estimate of drug-likeness (QED) is 0.507. The van der Waals surface area contributed by atoms with Crippen LogP contribution in [0, 0.1) is 24.2 Å². The lowest BCUT2D eigenvalue weighted by atomic mass is 9.70. The molecule has 0 N–H and O–H groups in total. The molecule has 1 aliphatic rings. The second-order valence-corrected chi connectivity index (χ2v) is 7.73. The van der Waals surface area contributed by atoms with E-state index < -0.39 is 29.1 Å². The Morgan fingerprint density at radius 1 is 1.28 bits per heavy atom. The maximum Gasteiger partial charge on any atom is 0.331 e. The van der Waals surface area contributed by atoms with Crippen molar-refractivity contribution >= 4 is 39.4 Å². The number of hydrogen-bond donors (Lipinski definition) is 0. The number of aryl methyl sites for hydroxylation is 1. The largest absolute Gasteiger partial charge is 0.465 e. The predicted octanol–water partition coefficient (Wildman–Crippen LogP) is 3.66. The molecular weight excluding hydrogens is 436 g/mol. The number of hydrogen-bond acceptors (Lipinski definition) is 5. The summed E-state index contributed by atoms with van der Waals surface area (Å²) >= 11 is 3.33. The molecule has 6 nitrogen and oxygen atoms in total. The van der Waals surface area contributed by atoms with E-state index in [1.165, 1.54) is 0 Å². The SMILES string of the molecule is CCOC(=O)[C@](C#N)(c1ccc(C)cc1)[C@@H]1CC(=O)N(c2cccc(Br)c2)C1=O. The highest BCUT2D eigenvalue weighted by atomic mass is 79.9. The van der Waals surface area contributed by atoms with Gasteiger partial charge in [-0.3, -0.25) is 14.5 Å². The van der Waals surface area contributed by atoms with Gasteiger partial charge in [0.1, 0.15) is 0 Å². The van der Waals surface area contributed by atoms with Crippen molar-refractivity contribution in [1.29, 1.82) is 5.26 Å². The molecule has 0 radical (unpaired) electrons. The van der Waals surface area contributed by atoms with Crippen molar-refractivity contribution in [3.05, 3.63) is 64.1 Å². The van der Waals surface area contributed by atoms with E-state index in [-0.39, 0.29) is 13.0 Å². The Kier molecular flexibility index (Phi) is 5.85. The molecule has 2 amide bonds. The Morgan fingerprint density at radius 3 is 2.55 bits per heavy atom. The lowest BCUT2D eigenvalue weighted by molar-refractivity contribution is -0.151. The molecule has 0 aromatic heterocycles. The Bertz CT molecular complexity index is 1010. The van der Waals surface area contributed by atoms with Gasteiger partial charge >= 0.3 is 5.97 Å². The smallest absolute Gasteiger partial charge is 0.331 e. The summed E-state index contributed by atoms with van der Waals surface area (Å²) < 4.78 is 5.89. The number of esters is 1. The average molecular weight is 455 g/mol. The summed E-state index contributed by atoms with van der Waals surface area (Å²) in [6.45, 7) is 3.56. The molecule has 7 heteroatoms. The average Bonchev–Trinajstić information content (AvgIpc) is 2.99. The van der Waals surface area contributed by atoms with Crippen LogP contribution in [0.5, 0.6) is 0 Å². The van der Waals surface area contributed by atoms with E-state index in [0.29, 0.717) is 15.7 Å². The monoisotopic (exact) mass is 454 g/mol. The first-order chi connectivity index (χ1) is 13.8. The molecule has 148 valence electrons. The molecule has 2 aromatic rings. The molecule has 1 aliphatic heterocycles. The second-order valence-electron chi connectivity index (χ2n) is 6.81. The zero-order valence-electron chi connectivity index (χ0n) is 16.0. The maximum atomic E-state index is 13.3. The molecule has 1 saturated heterocycles. The van der Waals surface area contributed by atoms with E-state index >= 15 is 0 Å². The summed E-state index contributed by atoms with van der Waals surface area (Å²) in [5.41, 5.74) is -0.242. The van der Waals surface area contributed by atoms with Gasteiger partial charge in [-0.2, -0.15) is 5.26 Å². The number of rotatable bonds is 5. The number of anilines is 1. The first kappa shape index (κ1) is 20.7. The minimum atomic E-state index is -1.91. The fourth-order valence-corrected chi connectivity index (χ4v) is 3.95. The Hall–Kier alpha value is -2.98. The van der Waals surface area contributed by atoms with Crippen molar-refractivity contribution in [2.24, 2.45) is 5.92 Å². The molecule has 3 rings (SSSR count). The molecule has 0 bridgehead atoms. The number of carbonyl (C=O) groups excluding carboxylic acids is 3. The fraction of sp³-hybridized carbons (Fsp3) is 0.273. The summed E-state index contributed by atoms with van der Waals surface area (Å²) in [5.74, 6) is -3.06. The summed E-state index contributed by atoms with van der Waals surface area (Å²) in [4.78, 5) is 40.1. The van der Waals surface area contributed by atoms with E-state index in [2.05, 4.69) is 15.9 Å². The zero-order chi connectivity index (χ0) is 21.2. The molecule has 29 heavy (non-hydrogen) atoms. The van der Waals surface area contributed by atoms with E-state index in [4.69, 9.17) is 4.74 Å². The van der Waals surface area contributed by atoms with Crippen LogP contribution >= 0.6 is 15.9 Å². The normalized spacial score (nSPS) is 18.3. The van der Waals surface area contributed by atoms with Crippen molar-refractivity contribution in [2.75, 3.05) is 11.5 Å². The van der Waals surface area contributed by atoms with Gasteiger partial charge in [0.25, 0.3) is 0 Å². The van der Waals surface area contributed by atoms with E-state index in [1.807, 2.05) is 13.0 Å². The summed E-state index contributed by atoms with van der Waals surface area (Å²) in [6, 6.07) is 15.6. The number of amides is 2. The van der Waals surface area contributed by atoms with Gasteiger partial charge in [-0.1, -0.05) is 51.8 Å². The Balaban J connectivity index is 2.12. The van der Waals surface area contributed by atoms with Crippen LogP contribution in [0.3, 0.4) is 0 Å². The van der Waals surface area contributed by atoms with Gasteiger partial charge in [-0.25, -0.2) is 4.79 Å². The summed E-state index contributed by atoms with van der Waals surface area (Å²) in [7, 11) is 0. The molecule has 1 fully saturated rings. The maximum absolute atomic E-state index is 13.3. The predicted molar refractivity (Wildman–Crippen MR) is 110 cm³/mol. The van der Waals surface area contributed by atoms with Crippen LogP contribution < -0.4 is 4.90 Å². The fourth-order valence-electron chi connectivity index (χ4n) is 3.57. The van der Waals surface area contributed by atoms with E-state index in [9.17, 15) is 19.6 Å².